The highest BCUT2D eigenvalue weighted by atomic mass is 32.2. The van der Waals surface area contributed by atoms with Crippen LogP contribution in [-0.4, -0.2) is 22.6 Å². The van der Waals surface area contributed by atoms with Gasteiger partial charge in [0.1, 0.15) is 0 Å². The lowest BCUT2D eigenvalue weighted by atomic mass is 9.86. The maximum atomic E-state index is 11.1. The van der Waals surface area contributed by atoms with Gasteiger partial charge in [-0.3, -0.25) is 4.79 Å². The molecule has 0 amide bonds. The molecule has 1 heterocycles. The van der Waals surface area contributed by atoms with Gasteiger partial charge in [0.15, 0.2) is 0 Å². The zero-order valence-electron chi connectivity index (χ0n) is 11.8. The minimum Gasteiger partial charge on any atom is -0.481 e. The number of carboxylic acid groups (broad SMARTS) is 1. The zero-order chi connectivity index (χ0) is 13.9. The normalized spacial score (nSPS) is 21.6. The van der Waals surface area contributed by atoms with Crippen LogP contribution in [0.15, 0.2) is 24.3 Å². The van der Waals surface area contributed by atoms with Crippen LogP contribution in [0.4, 0.5) is 0 Å². The molecule has 1 N–H and O–H groups in total. The lowest BCUT2D eigenvalue weighted by Gasteiger charge is -2.23. The number of thioether (sulfide) groups is 1. The van der Waals surface area contributed by atoms with Gasteiger partial charge in [0.25, 0.3) is 0 Å². The highest BCUT2D eigenvalue weighted by Crippen LogP contribution is 2.45. The van der Waals surface area contributed by atoms with Gasteiger partial charge in [-0.05, 0) is 66.1 Å². The van der Waals surface area contributed by atoms with E-state index in [0.717, 1.165) is 0 Å². The maximum Gasteiger partial charge on any atom is 0.303 e. The van der Waals surface area contributed by atoms with Gasteiger partial charge < -0.3 is 5.11 Å². The van der Waals surface area contributed by atoms with E-state index >= 15 is 0 Å². The van der Waals surface area contributed by atoms with Gasteiger partial charge in [-0.15, -0.1) is 0 Å². The summed E-state index contributed by atoms with van der Waals surface area (Å²) in [4.78, 5) is 11.1. The van der Waals surface area contributed by atoms with E-state index in [1.807, 2.05) is 11.8 Å². The molecule has 2 fully saturated rings. The highest BCUT2D eigenvalue weighted by Gasteiger charge is 2.34. The van der Waals surface area contributed by atoms with Crippen molar-refractivity contribution >= 4 is 17.7 Å². The molecule has 1 unspecified atom stereocenters. The topological polar surface area (TPSA) is 37.3 Å². The van der Waals surface area contributed by atoms with Crippen molar-refractivity contribution in [1.29, 1.82) is 0 Å². The summed E-state index contributed by atoms with van der Waals surface area (Å²) in [6.07, 6.45) is 5.21. The molecule has 1 aromatic carbocycles. The third-order valence-electron chi connectivity index (χ3n) is 4.62. The van der Waals surface area contributed by atoms with Crippen molar-refractivity contribution in [1.82, 2.24) is 0 Å². The molecule has 2 nitrogen and oxygen atoms in total. The SMILES string of the molecule is O=C(O)CC(c1cccc(C2CCSCC2)c1)C1CC1. The third-order valence-corrected chi connectivity index (χ3v) is 5.67. The molecule has 1 saturated heterocycles. The largest absolute Gasteiger partial charge is 0.481 e. The predicted molar refractivity (Wildman–Crippen MR) is 83.5 cm³/mol. The van der Waals surface area contributed by atoms with Gasteiger partial charge >= 0.3 is 5.97 Å². The molecule has 1 aliphatic heterocycles. The average Bonchev–Trinajstić information content (AvgIpc) is 3.30. The number of hydrogen-bond donors (Lipinski definition) is 1. The first-order chi connectivity index (χ1) is 9.74. The quantitative estimate of drug-likeness (QED) is 0.880. The van der Waals surface area contributed by atoms with Crippen molar-refractivity contribution in [2.45, 2.75) is 43.9 Å². The van der Waals surface area contributed by atoms with Crippen LogP contribution in [0.25, 0.3) is 0 Å². The first-order valence-corrected chi connectivity index (χ1v) is 8.79. The summed E-state index contributed by atoms with van der Waals surface area (Å²) in [6, 6.07) is 8.79. The second kappa shape index (κ2) is 6.21. The van der Waals surface area contributed by atoms with Crippen molar-refractivity contribution in [2.75, 3.05) is 11.5 Å². The fourth-order valence-electron chi connectivity index (χ4n) is 3.32. The lowest BCUT2D eigenvalue weighted by molar-refractivity contribution is -0.137. The maximum absolute atomic E-state index is 11.1. The first kappa shape index (κ1) is 14.0. The summed E-state index contributed by atoms with van der Waals surface area (Å²) in [5.74, 6) is 3.36. The number of aliphatic carboxylic acids is 1. The molecule has 108 valence electrons. The summed E-state index contributed by atoms with van der Waals surface area (Å²) in [7, 11) is 0. The summed E-state index contributed by atoms with van der Waals surface area (Å²) < 4.78 is 0. The Hall–Kier alpha value is -0.960. The minimum atomic E-state index is -0.665. The van der Waals surface area contributed by atoms with Gasteiger partial charge in [-0.25, -0.2) is 0 Å². The van der Waals surface area contributed by atoms with Crippen LogP contribution >= 0.6 is 11.8 Å². The lowest BCUT2D eigenvalue weighted by Crippen LogP contribution is -2.11. The standard InChI is InChI=1S/C17H22O2S/c18-17(19)11-16(13-4-5-13)15-3-1-2-14(10-15)12-6-8-20-9-7-12/h1-3,10,12-13,16H,4-9,11H2,(H,18,19). The van der Waals surface area contributed by atoms with Gasteiger partial charge in [0.2, 0.25) is 0 Å². The van der Waals surface area contributed by atoms with E-state index in [9.17, 15) is 4.79 Å². The monoisotopic (exact) mass is 290 g/mol. The number of rotatable bonds is 5. The van der Waals surface area contributed by atoms with E-state index in [2.05, 4.69) is 24.3 Å². The molecule has 0 aromatic heterocycles. The zero-order valence-corrected chi connectivity index (χ0v) is 12.6. The van der Waals surface area contributed by atoms with Crippen LogP contribution in [0, 0.1) is 5.92 Å². The summed E-state index contributed by atoms with van der Waals surface area (Å²) in [5.41, 5.74) is 2.68. The van der Waals surface area contributed by atoms with Crippen LogP contribution in [0.5, 0.6) is 0 Å². The Morgan fingerprint density at radius 1 is 1.25 bits per heavy atom. The molecule has 0 bridgehead atoms. The van der Waals surface area contributed by atoms with Crippen molar-refractivity contribution in [2.24, 2.45) is 5.92 Å². The molecular formula is C17H22O2S. The Labute approximate surface area is 125 Å². The van der Waals surface area contributed by atoms with Crippen LogP contribution in [0.1, 0.15) is 55.1 Å². The number of carbonyl (C=O) groups is 1. The Balaban J connectivity index is 1.79. The Morgan fingerprint density at radius 3 is 2.65 bits per heavy atom. The van der Waals surface area contributed by atoms with Crippen molar-refractivity contribution < 1.29 is 9.90 Å². The van der Waals surface area contributed by atoms with Gasteiger partial charge in [-0.2, -0.15) is 11.8 Å². The molecule has 1 aromatic rings. The molecule has 2 aliphatic rings. The molecule has 20 heavy (non-hydrogen) atoms. The Morgan fingerprint density at radius 2 is 2.00 bits per heavy atom. The molecule has 0 spiro atoms. The summed E-state index contributed by atoms with van der Waals surface area (Å²) in [6.45, 7) is 0. The second-order valence-electron chi connectivity index (χ2n) is 6.10. The molecule has 3 rings (SSSR count). The fourth-order valence-corrected chi connectivity index (χ4v) is 4.42. The number of carboxylic acids is 1. The van der Waals surface area contributed by atoms with Gasteiger partial charge in [-0.1, -0.05) is 24.3 Å². The van der Waals surface area contributed by atoms with Crippen molar-refractivity contribution in [3.8, 4) is 0 Å². The van der Waals surface area contributed by atoms with Crippen molar-refractivity contribution in [3.63, 3.8) is 0 Å². The van der Waals surface area contributed by atoms with Crippen LogP contribution < -0.4 is 0 Å². The van der Waals surface area contributed by atoms with E-state index in [1.54, 1.807) is 0 Å². The molecule has 1 saturated carbocycles. The van der Waals surface area contributed by atoms with Crippen molar-refractivity contribution in [3.05, 3.63) is 35.4 Å². The van der Waals surface area contributed by atoms with Crippen LogP contribution in [0.3, 0.4) is 0 Å². The van der Waals surface area contributed by atoms with E-state index in [0.29, 0.717) is 11.8 Å². The Kier molecular flexibility index (Phi) is 4.35. The van der Waals surface area contributed by atoms with Crippen LogP contribution in [0.2, 0.25) is 0 Å². The number of benzene rings is 1. The van der Waals surface area contributed by atoms with E-state index in [1.165, 1.54) is 48.3 Å². The molecule has 0 radical (unpaired) electrons. The smallest absolute Gasteiger partial charge is 0.303 e. The van der Waals surface area contributed by atoms with E-state index < -0.39 is 5.97 Å². The van der Waals surface area contributed by atoms with Gasteiger partial charge in [0.05, 0.1) is 6.42 Å². The molecule has 1 aliphatic carbocycles. The molecular weight excluding hydrogens is 268 g/mol. The van der Waals surface area contributed by atoms with Gasteiger partial charge in [0, 0.05) is 0 Å². The highest BCUT2D eigenvalue weighted by molar-refractivity contribution is 7.99. The van der Waals surface area contributed by atoms with E-state index in [-0.39, 0.29) is 12.3 Å². The van der Waals surface area contributed by atoms with Crippen LogP contribution in [-0.2, 0) is 4.79 Å². The second-order valence-corrected chi connectivity index (χ2v) is 7.32. The summed E-state index contributed by atoms with van der Waals surface area (Å²) in [5, 5.41) is 9.14. The predicted octanol–water partition coefficient (Wildman–Crippen LogP) is 4.27. The molecule has 1 atom stereocenters. The number of hydrogen-bond acceptors (Lipinski definition) is 2. The Bertz CT molecular complexity index is 476. The third kappa shape index (κ3) is 3.38. The summed E-state index contributed by atoms with van der Waals surface area (Å²) >= 11 is 2.05. The first-order valence-electron chi connectivity index (χ1n) is 7.63. The molecule has 3 heteroatoms. The minimum absolute atomic E-state index is 0.227. The average molecular weight is 290 g/mol. The van der Waals surface area contributed by atoms with E-state index in [4.69, 9.17) is 5.11 Å². The fraction of sp³-hybridized carbons (Fsp3) is 0.588.